The molecule has 0 unspecified atom stereocenters. The fourth-order valence-corrected chi connectivity index (χ4v) is 2.65. The Bertz CT molecular complexity index is 737. The second-order valence-corrected chi connectivity index (χ2v) is 6.23. The summed E-state index contributed by atoms with van der Waals surface area (Å²) < 4.78 is 0. The summed E-state index contributed by atoms with van der Waals surface area (Å²) in [7, 11) is 1.55. The number of rotatable bonds is 9. The van der Waals surface area contributed by atoms with Gasteiger partial charge in [0.1, 0.15) is 12.8 Å². The number of aryl methyl sites for hydroxylation is 2. The van der Waals surface area contributed by atoms with Crippen LogP contribution in [0, 0.1) is 0 Å². The second-order valence-electron chi connectivity index (χ2n) is 6.23. The van der Waals surface area contributed by atoms with Crippen LogP contribution >= 0.6 is 0 Å². The second kappa shape index (κ2) is 9.72. The molecule has 25 heavy (non-hydrogen) atoms. The van der Waals surface area contributed by atoms with Crippen molar-refractivity contribution in [2.75, 3.05) is 7.11 Å². The highest BCUT2D eigenvalue weighted by Crippen LogP contribution is 2.12. The molecule has 0 bridgehead atoms. The number of nitrogens with zero attached hydrogens (tertiary/aromatic N) is 3. The molecule has 0 saturated carbocycles. The summed E-state index contributed by atoms with van der Waals surface area (Å²) in [5, 5.41) is 3.94. The highest BCUT2D eigenvalue weighted by Gasteiger charge is 2.03. The molecule has 2 aromatic heterocycles. The maximum Gasteiger partial charge on any atom is 0.106 e. The Morgan fingerprint density at radius 1 is 0.920 bits per heavy atom. The molecule has 2 rings (SSSR count). The molecular formula is C21H27N3O. The van der Waals surface area contributed by atoms with E-state index < -0.39 is 0 Å². The molecule has 0 fully saturated rings. The van der Waals surface area contributed by atoms with E-state index in [0.717, 1.165) is 66.2 Å². The number of hydrogen-bond acceptors (Lipinski definition) is 4. The molecule has 2 heterocycles. The standard InChI is InChI=1S/C21H27N3O/c1-16(2)20-14-8-12-18(22-20)10-6-5-7-11-19-13-9-15-21(23-19)17(3)24-25-4/h8-9,12-15H,1,5-7,10-11H2,2-4H3/b24-17+. The van der Waals surface area contributed by atoms with Gasteiger partial charge >= 0.3 is 0 Å². The molecule has 0 atom stereocenters. The van der Waals surface area contributed by atoms with Crippen molar-refractivity contribution in [1.29, 1.82) is 0 Å². The minimum Gasteiger partial charge on any atom is -0.399 e. The smallest absolute Gasteiger partial charge is 0.106 e. The van der Waals surface area contributed by atoms with Crippen molar-refractivity contribution in [2.24, 2.45) is 5.16 Å². The van der Waals surface area contributed by atoms with Gasteiger partial charge in [-0.2, -0.15) is 0 Å². The first-order valence-electron chi connectivity index (χ1n) is 8.76. The Morgan fingerprint density at radius 3 is 2.04 bits per heavy atom. The van der Waals surface area contributed by atoms with E-state index in [9.17, 15) is 0 Å². The predicted molar refractivity (Wildman–Crippen MR) is 104 cm³/mol. The van der Waals surface area contributed by atoms with Crippen LogP contribution in [0.5, 0.6) is 0 Å². The van der Waals surface area contributed by atoms with Crippen LogP contribution in [-0.4, -0.2) is 22.8 Å². The van der Waals surface area contributed by atoms with Crippen molar-refractivity contribution in [2.45, 2.75) is 46.0 Å². The van der Waals surface area contributed by atoms with Gasteiger partial charge in [0.05, 0.1) is 11.4 Å². The van der Waals surface area contributed by atoms with Gasteiger partial charge < -0.3 is 4.84 Å². The van der Waals surface area contributed by atoms with Gasteiger partial charge in [-0.1, -0.05) is 30.3 Å². The largest absolute Gasteiger partial charge is 0.399 e. The third-order valence-electron chi connectivity index (χ3n) is 4.02. The lowest BCUT2D eigenvalue weighted by Crippen LogP contribution is -2.02. The molecule has 0 aliphatic heterocycles. The third kappa shape index (κ3) is 6.14. The number of oxime groups is 1. The Hall–Kier alpha value is -2.49. The highest BCUT2D eigenvalue weighted by atomic mass is 16.6. The minimum absolute atomic E-state index is 0.799. The predicted octanol–water partition coefficient (Wildman–Crippen LogP) is 4.84. The van der Waals surface area contributed by atoms with Gasteiger partial charge in [-0.05, 0) is 69.4 Å². The molecule has 0 N–H and O–H groups in total. The fourth-order valence-electron chi connectivity index (χ4n) is 2.65. The van der Waals surface area contributed by atoms with Crippen LogP contribution in [0.4, 0.5) is 0 Å². The molecule has 0 spiro atoms. The van der Waals surface area contributed by atoms with Crippen molar-refractivity contribution in [3.05, 3.63) is 65.8 Å². The number of aromatic nitrogens is 2. The molecule has 2 aromatic rings. The van der Waals surface area contributed by atoms with Crippen LogP contribution in [0.3, 0.4) is 0 Å². The van der Waals surface area contributed by atoms with E-state index in [1.54, 1.807) is 7.11 Å². The molecule has 0 radical (unpaired) electrons. The summed E-state index contributed by atoms with van der Waals surface area (Å²) in [6, 6.07) is 12.2. The number of hydrogen-bond donors (Lipinski definition) is 0. The topological polar surface area (TPSA) is 47.4 Å². The Labute approximate surface area is 150 Å². The zero-order valence-corrected chi connectivity index (χ0v) is 15.5. The fraction of sp³-hybridized carbons (Fsp3) is 0.381. The molecule has 0 aliphatic rings. The van der Waals surface area contributed by atoms with Crippen LogP contribution in [0.2, 0.25) is 0 Å². The third-order valence-corrected chi connectivity index (χ3v) is 4.02. The van der Waals surface area contributed by atoms with E-state index in [1.807, 2.05) is 32.0 Å². The van der Waals surface area contributed by atoms with Crippen LogP contribution in [-0.2, 0) is 17.7 Å². The summed E-state index contributed by atoms with van der Waals surface area (Å²) >= 11 is 0. The maximum absolute atomic E-state index is 4.81. The lowest BCUT2D eigenvalue weighted by atomic mass is 10.1. The average molecular weight is 337 g/mol. The molecule has 4 heteroatoms. The van der Waals surface area contributed by atoms with Crippen molar-refractivity contribution in [1.82, 2.24) is 9.97 Å². The molecule has 0 aliphatic carbocycles. The molecule has 0 saturated heterocycles. The van der Waals surface area contributed by atoms with Crippen LogP contribution in [0.1, 0.15) is 55.9 Å². The first-order chi connectivity index (χ1) is 12.1. The SMILES string of the molecule is C=C(C)c1cccc(CCCCCc2cccc(/C(C)=N/OC)n2)n1. The monoisotopic (exact) mass is 337 g/mol. The van der Waals surface area contributed by atoms with Crippen LogP contribution in [0.25, 0.3) is 5.57 Å². The van der Waals surface area contributed by atoms with E-state index in [4.69, 9.17) is 4.84 Å². The molecule has 0 aromatic carbocycles. The molecule has 0 amide bonds. The number of unbranched alkanes of at least 4 members (excludes halogenated alkanes) is 2. The molecule has 4 nitrogen and oxygen atoms in total. The van der Waals surface area contributed by atoms with Gasteiger partial charge in [-0.3, -0.25) is 9.97 Å². The highest BCUT2D eigenvalue weighted by molar-refractivity contribution is 5.96. The lowest BCUT2D eigenvalue weighted by Gasteiger charge is -2.06. The summed E-state index contributed by atoms with van der Waals surface area (Å²) in [5.74, 6) is 0. The van der Waals surface area contributed by atoms with Gasteiger partial charge in [-0.15, -0.1) is 0 Å². The van der Waals surface area contributed by atoms with E-state index in [-0.39, 0.29) is 0 Å². The van der Waals surface area contributed by atoms with Gasteiger partial charge in [0, 0.05) is 11.4 Å². The summed E-state index contributed by atoms with van der Waals surface area (Å²) in [6.07, 6.45) is 5.41. The van der Waals surface area contributed by atoms with Crippen LogP contribution < -0.4 is 0 Å². The van der Waals surface area contributed by atoms with Gasteiger partial charge in [0.25, 0.3) is 0 Å². The lowest BCUT2D eigenvalue weighted by molar-refractivity contribution is 0.213. The Balaban J connectivity index is 1.78. The van der Waals surface area contributed by atoms with Crippen molar-refractivity contribution >= 4 is 11.3 Å². The van der Waals surface area contributed by atoms with E-state index >= 15 is 0 Å². The summed E-state index contributed by atoms with van der Waals surface area (Å²) in [5.41, 5.74) is 5.93. The Morgan fingerprint density at radius 2 is 1.48 bits per heavy atom. The van der Waals surface area contributed by atoms with E-state index in [0.29, 0.717) is 0 Å². The maximum atomic E-state index is 4.81. The summed E-state index contributed by atoms with van der Waals surface area (Å²) in [6.45, 7) is 7.85. The van der Waals surface area contributed by atoms with E-state index in [2.05, 4.69) is 39.9 Å². The van der Waals surface area contributed by atoms with Crippen molar-refractivity contribution < 1.29 is 4.84 Å². The first-order valence-corrected chi connectivity index (χ1v) is 8.76. The average Bonchev–Trinajstić information content (AvgIpc) is 2.62. The molecular weight excluding hydrogens is 310 g/mol. The van der Waals surface area contributed by atoms with Gasteiger partial charge in [0.15, 0.2) is 0 Å². The van der Waals surface area contributed by atoms with Gasteiger partial charge in [0.2, 0.25) is 0 Å². The van der Waals surface area contributed by atoms with Crippen molar-refractivity contribution in [3.63, 3.8) is 0 Å². The molecule has 132 valence electrons. The number of allylic oxidation sites excluding steroid dienone is 1. The Kier molecular flexibility index (Phi) is 7.33. The minimum atomic E-state index is 0.799. The first kappa shape index (κ1) is 18.8. The van der Waals surface area contributed by atoms with E-state index in [1.165, 1.54) is 0 Å². The van der Waals surface area contributed by atoms with Gasteiger partial charge in [-0.25, -0.2) is 0 Å². The normalized spacial score (nSPS) is 11.4. The number of pyridine rings is 2. The van der Waals surface area contributed by atoms with Crippen LogP contribution in [0.15, 0.2) is 48.1 Å². The van der Waals surface area contributed by atoms with Crippen molar-refractivity contribution in [3.8, 4) is 0 Å². The summed E-state index contributed by atoms with van der Waals surface area (Å²) in [4.78, 5) is 14.1. The quantitative estimate of drug-likeness (QED) is 0.374. The zero-order valence-electron chi connectivity index (χ0n) is 15.5. The zero-order chi connectivity index (χ0) is 18.1.